The Balaban J connectivity index is 2.29. The summed E-state index contributed by atoms with van der Waals surface area (Å²) in [6.07, 6.45) is -0.392. The third-order valence-corrected chi connectivity index (χ3v) is 5.20. The van der Waals surface area contributed by atoms with Crippen molar-refractivity contribution in [3.8, 4) is 6.07 Å². The molecule has 1 saturated heterocycles. The standard InChI is InChI=1S/C17H21N5O3/c1-7-5-8(2)15(22(23)24)9(3)12(7)14-11(6-18)16(19)25-17-13(14)10(4)20-21-17/h5,10,13-14,17,20-21H,19H2,1-4H3. The van der Waals surface area contributed by atoms with Crippen molar-refractivity contribution in [1.82, 2.24) is 10.9 Å². The highest BCUT2D eigenvalue weighted by atomic mass is 16.6. The number of ether oxygens (including phenoxy) is 1. The molecule has 0 aromatic heterocycles. The van der Waals surface area contributed by atoms with Crippen molar-refractivity contribution in [2.24, 2.45) is 11.7 Å². The van der Waals surface area contributed by atoms with Gasteiger partial charge >= 0.3 is 0 Å². The van der Waals surface area contributed by atoms with Crippen LogP contribution in [0.5, 0.6) is 0 Å². The molecule has 132 valence electrons. The Hall–Kier alpha value is -2.63. The largest absolute Gasteiger partial charge is 0.458 e. The summed E-state index contributed by atoms with van der Waals surface area (Å²) in [5.74, 6) is -0.415. The number of nitriles is 1. The van der Waals surface area contributed by atoms with E-state index in [1.165, 1.54) is 0 Å². The molecule has 3 rings (SSSR count). The van der Waals surface area contributed by atoms with Gasteiger partial charge in [0.25, 0.3) is 5.69 Å². The molecule has 2 heterocycles. The van der Waals surface area contributed by atoms with E-state index in [-0.39, 0.29) is 34.4 Å². The van der Waals surface area contributed by atoms with Crippen molar-refractivity contribution in [2.75, 3.05) is 0 Å². The van der Waals surface area contributed by atoms with E-state index >= 15 is 0 Å². The van der Waals surface area contributed by atoms with E-state index in [1.807, 2.05) is 13.8 Å². The van der Waals surface area contributed by atoms with Crippen LogP contribution in [-0.2, 0) is 4.74 Å². The quantitative estimate of drug-likeness (QED) is 0.551. The molecule has 8 heteroatoms. The second-order valence-corrected chi connectivity index (χ2v) is 6.72. The first kappa shape index (κ1) is 17.2. The third kappa shape index (κ3) is 2.52. The summed E-state index contributed by atoms with van der Waals surface area (Å²) in [5.41, 5.74) is 15.4. The number of nitrogens with zero attached hydrogens (tertiary/aromatic N) is 2. The number of hydrogen-bond donors (Lipinski definition) is 3. The summed E-state index contributed by atoms with van der Waals surface area (Å²) in [6.45, 7) is 7.36. The van der Waals surface area contributed by atoms with Crippen LogP contribution in [0, 0.1) is 48.1 Å². The highest BCUT2D eigenvalue weighted by Crippen LogP contribution is 2.46. The zero-order chi connectivity index (χ0) is 18.5. The molecular formula is C17H21N5O3. The van der Waals surface area contributed by atoms with Gasteiger partial charge in [0.2, 0.25) is 5.88 Å². The normalized spacial score (nSPS) is 28.3. The Bertz CT molecular complexity index is 827. The zero-order valence-electron chi connectivity index (χ0n) is 14.6. The number of nitro benzene ring substituents is 1. The fourth-order valence-electron chi connectivity index (χ4n) is 4.20. The lowest BCUT2D eigenvalue weighted by Gasteiger charge is -2.36. The first-order valence-corrected chi connectivity index (χ1v) is 8.10. The molecule has 0 bridgehead atoms. The van der Waals surface area contributed by atoms with Crippen LogP contribution in [0.4, 0.5) is 5.69 Å². The number of nitrogens with one attached hydrogen (secondary N) is 2. The minimum absolute atomic E-state index is 0.00519. The van der Waals surface area contributed by atoms with Crippen molar-refractivity contribution in [3.63, 3.8) is 0 Å². The third-order valence-electron chi connectivity index (χ3n) is 5.20. The number of nitrogens with two attached hydrogens (primary N) is 1. The maximum atomic E-state index is 11.6. The number of aryl methyl sites for hydroxylation is 2. The summed E-state index contributed by atoms with van der Waals surface area (Å²) < 4.78 is 5.64. The predicted octanol–water partition coefficient (Wildman–Crippen LogP) is 1.77. The maximum absolute atomic E-state index is 11.6. The lowest BCUT2D eigenvalue weighted by Crippen LogP contribution is -2.41. The number of hydrogen-bond acceptors (Lipinski definition) is 7. The molecular weight excluding hydrogens is 322 g/mol. The molecule has 2 aliphatic heterocycles. The van der Waals surface area contributed by atoms with Crippen LogP contribution in [-0.4, -0.2) is 17.2 Å². The van der Waals surface area contributed by atoms with Gasteiger partial charge in [0.15, 0.2) is 6.23 Å². The van der Waals surface area contributed by atoms with Gasteiger partial charge < -0.3 is 10.5 Å². The Morgan fingerprint density at radius 3 is 2.60 bits per heavy atom. The van der Waals surface area contributed by atoms with Crippen LogP contribution in [0.1, 0.15) is 35.1 Å². The van der Waals surface area contributed by atoms with Crippen molar-refractivity contribution in [1.29, 1.82) is 5.26 Å². The summed E-state index contributed by atoms with van der Waals surface area (Å²) in [6, 6.07) is 3.96. The lowest BCUT2D eigenvalue weighted by atomic mass is 9.73. The first-order valence-electron chi connectivity index (χ1n) is 8.10. The summed E-state index contributed by atoms with van der Waals surface area (Å²) in [4.78, 5) is 11.2. The van der Waals surface area contributed by atoms with Crippen molar-refractivity contribution < 1.29 is 9.66 Å². The smallest absolute Gasteiger partial charge is 0.275 e. The minimum Gasteiger partial charge on any atom is -0.458 e. The van der Waals surface area contributed by atoms with Gasteiger partial charge in [0.05, 0.1) is 10.5 Å². The van der Waals surface area contributed by atoms with E-state index < -0.39 is 6.23 Å². The first-order chi connectivity index (χ1) is 11.8. The van der Waals surface area contributed by atoms with Gasteiger partial charge in [-0.2, -0.15) is 5.26 Å². The molecule has 1 aromatic carbocycles. The fraction of sp³-hybridized carbons (Fsp3) is 0.471. The molecule has 1 fully saturated rings. The van der Waals surface area contributed by atoms with Gasteiger partial charge in [-0.05, 0) is 44.9 Å². The highest BCUT2D eigenvalue weighted by Gasteiger charge is 2.48. The fourth-order valence-corrected chi connectivity index (χ4v) is 4.20. The van der Waals surface area contributed by atoms with Gasteiger partial charge in [0, 0.05) is 29.0 Å². The van der Waals surface area contributed by atoms with Gasteiger partial charge in [0.1, 0.15) is 6.07 Å². The number of nitro groups is 1. The summed E-state index contributed by atoms with van der Waals surface area (Å²) >= 11 is 0. The van der Waals surface area contributed by atoms with Gasteiger partial charge in [-0.3, -0.25) is 15.5 Å². The molecule has 0 radical (unpaired) electrons. The topological polar surface area (TPSA) is 126 Å². The Morgan fingerprint density at radius 1 is 1.32 bits per heavy atom. The van der Waals surface area contributed by atoms with E-state index in [0.29, 0.717) is 16.7 Å². The summed E-state index contributed by atoms with van der Waals surface area (Å²) in [7, 11) is 0. The van der Waals surface area contributed by atoms with Crippen LogP contribution in [0.25, 0.3) is 0 Å². The van der Waals surface area contributed by atoms with E-state index in [0.717, 1.165) is 11.1 Å². The summed E-state index contributed by atoms with van der Waals surface area (Å²) in [5, 5.41) is 21.2. The molecule has 1 aromatic rings. The second kappa shape index (κ2) is 6.02. The van der Waals surface area contributed by atoms with Crippen LogP contribution in [0.3, 0.4) is 0 Å². The van der Waals surface area contributed by atoms with E-state index in [2.05, 4.69) is 16.9 Å². The Morgan fingerprint density at radius 2 is 2.00 bits per heavy atom. The molecule has 0 aliphatic carbocycles. The van der Waals surface area contributed by atoms with Crippen molar-refractivity contribution >= 4 is 5.69 Å². The zero-order valence-corrected chi connectivity index (χ0v) is 14.6. The van der Waals surface area contributed by atoms with E-state index in [9.17, 15) is 15.4 Å². The number of rotatable bonds is 2. The lowest BCUT2D eigenvalue weighted by molar-refractivity contribution is -0.386. The molecule has 2 aliphatic rings. The number of benzene rings is 1. The molecule has 0 saturated carbocycles. The average Bonchev–Trinajstić information content (AvgIpc) is 2.86. The van der Waals surface area contributed by atoms with Crippen LogP contribution < -0.4 is 16.6 Å². The van der Waals surface area contributed by atoms with Crippen LogP contribution >= 0.6 is 0 Å². The van der Waals surface area contributed by atoms with Crippen molar-refractivity contribution in [2.45, 2.75) is 45.9 Å². The SMILES string of the molecule is Cc1cc(C)c([N+](=O)[O-])c(C)c1C1C(C#N)=C(N)OC2NNC(C)C21. The molecule has 25 heavy (non-hydrogen) atoms. The van der Waals surface area contributed by atoms with E-state index in [4.69, 9.17) is 10.5 Å². The van der Waals surface area contributed by atoms with Gasteiger partial charge in [-0.15, -0.1) is 0 Å². The predicted molar refractivity (Wildman–Crippen MR) is 91.0 cm³/mol. The van der Waals surface area contributed by atoms with E-state index in [1.54, 1.807) is 19.9 Å². The molecule has 4 atom stereocenters. The molecule has 0 amide bonds. The van der Waals surface area contributed by atoms with Gasteiger partial charge in [-0.1, -0.05) is 0 Å². The number of fused-ring (bicyclic) bond motifs is 1. The highest BCUT2D eigenvalue weighted by molar-refractivity contribution is 5.58. The molecule has 4 N–H and O–H groups in total. The average molecular weight is 343 g/mol. The number of hydrazine groups is 1. The Kier molecular flexibility index (Phi) is 4.14. The maximum Gasteiger partial charge on any atom is 0.275 e. The number of allylic oxidation sites excluding steroid dienone is 1. The molecule has 0 spiro atoms. The van der Waals surface area contributed by atoms with Crippen molar-refractivity contribution in [3.05, 3.63) is 49.9 Å². The van der Waals surface area contributed by atoms with Gasteiger partial charge in [-0.25, -0.2) is 5.43 Å². The van der Waals surface area contributed by atoms with Crippen LogP contribution in [0.2, 0.25) is 0 Å². The monoisotopic (exact) mass is 343 g/mol. The molecule has 4 unspecified atom stereocenters. The molecule has 8 nitrogen and oxygen atoms in total. The Labute approximate surface area is 145 Å². The minimum atomic E-state index is -0.392. The van der Waals surface area contributed by atoms with Crippen LogP contribution in [0.15, 0.2) is 17.5 Å². The second-order valence-electron chi connectivity index (χ2n) is 6.72.